The standard InChI is InChI=1S/C21H25N3O5/c1-21(2,22)18(20(28)24-29)23-19(27)14-9-7-13(8-10-14)5-3-4-6-15-11-17(26)16(15)12-25/h7-10,15-18,25-26,29H,11-12,22H2,1-2H3,(H,23,27)(H,24,28)/t15-,16-,17-,18?/m0/s1. The lowest BCUT2D eigenvalue weighted by molar-refractivity contribution is -0.132. The molecule has 1 unspecified atom stereocenters. The number of aliphatic hydroxyl groups is 2. The number of benzene rings is 1. The summed E-state index contributed by atoms with van der Waals surface area (Å²) < 4.78 is 0. The summed E-state index contributed by atoms with van der Waals surface area (Å²) in [6.07, 6.45) is 0.0392. The zero-order valence-corrected chi connectivity index (χ0v) is 16.3. The Balaban J connectivity index is 2.00. The molecule has 1 saturated carbocycles. The Morgan fingerprint density at radius 3 is 2.45 bits per heavy atom. The Morgan fingerprint density at radius 1 is 1.28 bits per heavy atom. The van der Waals surface area contributed by atoms with Crippen molar-refractivity contribution in [2.75, 3.05) is 6.61 Å². The summed E-state index contributed by atoms with van der Waals surface area (Å²) in [6.45, 7) is 3.01. The second kappa shape index (κ2) is 9.55. The summed E-state index contributed by atoms with van der Waals surface area (Å²) in [5.74, 6) is 9.62. The molecule has 8 heteroatoms. The van der Waals surface area contributed by atoms with Crippen molar-refractivity contribution in [3.8, 4) is 23.7 Å². The molecule has 154 valence electrons. The predicted octanol–water partition coefficient (Wildman–Crippen LogP) is -0.628. The Morgan fingerprint density at radius 2 is 1.93 bits per heavy atom. The Labute approximate surface area is 169 Å². The van der Waals surface area contributed by atoms with E-state index < -0.39 is 29.5 Å². The number of rotatable bonds is 5. The highest BCUT2D eigenvalue weighted by Crippen LogP contribution is 2.33. The van der Waals surface area contributed by atoms with Gasteiger partial charge in [0.2, 0.25) is 0 Å². The van der Waals surface area contributed by atoms with Gasteiger partial charge in [-0.1, -0.05) is 11.8 Å². The third kappa shape index (κ3) is 5.80. The monoisotopic (exact) mass is 399 g/mol. The van der Waals surface area contributed by atoms with E-state index in [2.05, 4.69) is 29.0 Å². The van der Waals surface area contributed by atoms with Crippen molar-refractivity contribution in [2.45, 2.75) is 38.0 Å². The number of aliphatic hydroxyl groups excluding tert-OH is 2. The SMILES string of the molecule is CC(C)(N)C(NC(=O)c1ccc(C#CC#C[C@H]2C[C@H](O)[C@H]2CO)cc1)C(=O)NO. The van der Waals surface area contributed by atoms with Gasteiger partial charge in [-0.05, 0) is 56.4 Å². The average Bonchev–Trinajstić information content (AvgIpc) is 2.67. The fourth-order valence-corrected chi connectivity index (χ4v) is 2.90. The Hall–Kier alpha value is -2.88. The molecule has 1 aromatic carbocycles. The molecule has 2 amide bonds. The number of hydrogen-bond acceptors (Lipinski definition) is 6. The molecule has 2 rings (SSSR count). The molecular formula is C21H25N3O5. The fourth-order valence-electron chi connectivity index (χ4n) is 2.90. The minimum Gasteiger partial charge on any atom is -0.396 e. The van der Waals surface area contributed by atoms with Gasteiger partial charge < -0.3 is 21.3 Å². The van der Waals surface area contributed by atoms with Gasteiger partial charge >= 0.3 is 0 Å². The van der Waals surface area contributed by atoms with Crippen LogP contribution in [0.15, 0.2) is 24.3 Å². The first kappa shape index (κ1) is 22.4. The lowest BCUT2D eigenvalue weighted by Crippen LogP contribution is -2.61. The molecule has 0 saturated heterocycles. The van der Waals surface area contributed by atoms with Gasteiger partial charge in [-0.15, -0.1) is 0 Å². The molecule has 29 heavy (non-hydrogen) atoms. The average molecular weight is 399 g/mol. The van der Waals surface area contributed by atoms with E-state index in [0.29, 0.717) is 17.5 Å². The van der Waals surface area contributed by atoms with E-state index in [0.717, 1.165) is 0 Å². The zero-order chi connectivity index (χ0) is 21.6. The topological polar surface area (TPSA) is 145 Å². The van der Waals surface area contributed by atoms with Crippen LogP contribution in [0.25, 0.3) is 0 Å². The number of carbonyl (C=O) groups excluding carboxylic acids is 2. The van der Waals surface area contributed by atoms with E-state index in [1.165, 1.54) is 5.48 Å². The van der Waals surface area contributed by atoms with Crippen molar-refractivity contribution in [3.05, 3.63) is 35.4 Å². The molecule has 4 atom stereocenters. The van der Waals surface area contributed by atoms with Crippen LogP contribution in [0.2, 0.25) is 0 Å². The van der Waals surface area contributed by atoms with E-state index in [1.54, 1.807) is 38.1 Å². The Kier molecular flexibility index (Phi) is 7.38. The highest BCUT2D eigenvalue weighted by molar-refractivity contribution is 5.97. The molecule has 0 heterocycles. The predicted molar refractivity (Wildman–Crippen MR) is 105 cm³/mol. The van der Waals surface area contributed by atoms with E-state index in [9.17, 15) is 14.7 Å². The minimum absolute atomic E-state index is 0.0498. The zero-order valence-electron chi connectivity index (χ0n) is 16.3. The van der Waals surface area contributed by atoms with Crippen LogP contribution < -0.4 is 16.5 Å². The first-order valence-corrected chi connectivity index (χ1v) is 9.11. The molecule has 0 aromatic heterocycles. The molecular weight excluding hydrogens is 374 g/mol. The van der Waals surface area contributed by atoms with Gasteiger partial charge in [0, 0.05) is 35.1 Å². The highest BCUT2D eigenvalue weighted by atomic mass is 16.5. The van der Waals surface area contributed by atoms with Crippen molar-refractivity contribution in [2.24, 2.45) is 17.6 Å². The summed E-state index contributed by atoms with van der Waals surface area (Å²) in [5.41, 5.74) is 7.25. The first-order valence-electron chi connectivity index (χ1n) is 9.11. The summed E-state index contributed by atoms with van der Waals surface area (Å²) in [6, 6.07) is 5.26. The molecule has 1 aliphatic carbocycles. The number of nitrogens with one attached hydrogen (secondary N) is 2. The second-order valence-electron chi connectivity index (χ2n) is 7.56. The van der Waals surface area contributed by atoms with Gasteiger partial charge in [-0.3, -0.25) is 14.8 Å². The largest absolute Gasteiger partial charge is 0.396 e. The van der Waals surface area contributed by atoms with E-state index in [4.69, 9.17) is 16.0 Å². The maximum atomic E-state index is 12.4. The summed E-state index contributed by atoms with van der Waals surface area (Å²) >= 11 is 0. The Bertz CT molecular complexity index is 868. The van der Waals surface area contributed by atoms with Crippen LogP contribution in [0, 0.1) is 35.5 Å². The molecule has 1 aliphatic rings. The van der Waals surface area contributed by atoms with Gasteiger partial charge in [-0.25, -0.2) is 5.48 Å². The van der Waals surface area contributed by atoms with Crippen molar-refractivity contribution in [3.63, 3.8) is 0 Å². The van der Waals surface area contributed by atoms with Crippen molar-refractivity contribution in [1.82, 2.24) is 10.8 Å². The summed E-state index contributed by atoms with van der Waals surface area (Å²) in [7, 11) is 0. The molecule has 7 N–H and O–H groups in total. The van der Waals surface area contributed by atoms with Crippen LogP contribution in [-0.4, -0.2) is 51.5 Å². The minimum atomic E-state index is -1.12. The molecule has 0 aliphatic heterocycles. The van der Waals surface area contributed by atoms with Crippen molar-refractivity contribution < 1.29 is 25.0 Å². The summed E-state index contributed by atoms with van der Waals surface area (Å²) in [5, 5.41) is 30.0. The first-order chi connectivity index (χ1) is 13.7. The van der Waals surface area contributed by atoms with Crippen LogP contribution in [-0.2, 0) is 4.79 Å². The van der Waals surface area contributed by atoms with Gasteiger partial charge in [0.25, 0.3) is 11.8 Å². The van der Waals surface area contributed by atoms with Crippen molar-refractivity contribution in [1.29, 1.82) is 0 Å². The van der Waals surface area contributed by atoms with Crippen molar-refractivity contribution >= 4 is 11.8 Å². The molecule has 1 aromatic rings. The molecule has 8 nitrogen and oxygen atoms in total. The van der Waals surface area contributed by atoms with Crippen LogP contribution in [0.5, 0.6) is 0 Å². The number of carbonyl (C=O) groups is 2. The second-order valence-corrected chi connectivity index (χ2v) is 7.56. The number of nitrogens with two attached hydrogens (primary N) is 1. The quantitative estimate of drug-likeness (QED) is 0.221. The normalized spacial score (nSPS) is 21.4. The van der Waals surface area contributed by atoms with Crippen LogP contribution in [0.4, 0.5) is 0 Å². The number of amides is 2. The van der Waals surface area contributed by atoms with Gasteiger partial charge in [0.15, 0.2) is 0 Å². The van der Waals surface area contributed by atoms with Crippen LogP contribution in [0.1, 0.15) is 36.2 Å². The highest BCUT2D eigenvalue weighted by Gasteiger charge is 2.38. The number of hydroxylamine groups is 1. The van der Waals surface area contributed by atoms with E-state index in [1.807, 2.05) is 0 Å². The molecule has 0 bridgehead atoms. The van der Waals surface area contributed by atoms with E-state index in [-0.39, 0.29) is 18.4 Å². The summed E-state index contributed by atoms with van der Waals surface area (Å²) in [4.78, 5) is 24.1. The van der Waals surface area contributed by atoms with Gasteiger partial charge in [0.1, 0.15) is 6.04 Å². The van der Waals surface area contributed by atoms with Crippen LogP contribution >= 0.6 is 0 Å². The number of hydrogen-bond donors (Lipinski definition) is 6. The third-order valence-corrected chi connectivity index (χ3v) is 4.78. The fraction of sp³-hybridized carbons (Fsp3) is 0.429. The molecule has 1 fully saturated rings. The maximum Gasteiger partial charge on any atom is 0.267 e. The lowest BCUT2D eigenvalue weighted by atomic mass is 9.72. The molecule has 0 radical (unpaired) electrons. The third-order valence-electron chi connectivity index (χ3n) is 4.78. The van der Waals surface area contributed by atoms with Gasteiger partial charge in [-0.2, -0.15) is 0 Å². The molecule has 0 spiro atoms. The van der Waals surface area contributed by atoms with E-state index >= 15 is 0 Å². The van der Waals surface area contributed by atoms with Crippen LogP contribution in [0.3, 0.4) is 0 Å². The maximum absolute atomic E-state index is 12.4. The van der Waals surface area contributed by atoms with Gasteiger partial charge in [0.05, 0.1) is 6.10 Å². The smallest absolute Gasteiger partial charge is 0.267 e. The lowest BCUT2D eigenvalue weighted by Gasteiger charge is -2.37.